The van der Waals surface area contributed by atoms with Gasteiger partial charge in [-0.15, -0.1) is 0 Å². The molecule has 7 heteroatoms. The van der Waals surface area contributed by atoms with Gasteiger partial charge >= 0.3 is 0 Å². The van der Waals surface area contributed by atoms with Crippen LogP contribution >= 0.6 is 0 Å². The molecule has 0 radical (unpaired) electrons. The molecule has 3 rings (SSSR count). The summed E-state index contributed by atoms with van der Waals surface area (Å²) in [4.78, 5) is 53.9. The number of amides is 2. The van der Waals surface area contributed by atoms with Crippen molar-refractivity contribution in [1.82, 2.24) is 10.3 Å². The van der Waals surface area contributed by atoms with E-state index in [9.17, 15) is 19.2 Å². The number of rotatable bonds is 13. The van der Waals surface area contributed by atoms with Crippen molar-refractivity contribution in [3.05, 3.63) is 78.0 Å². The molecule has 7 nitrogen and oxygen atoms in total. The Labute approximate surface area is 205 Å². The van der Waals surface area contributed by atoms with Crippen molar-refractivity contribution in [1.29, 1.82) is 0 Å². The van der Waals surface area contributed by atoms with Gasteiger partial charge in [0.1, 0.15) is 5.78 Å². The SMILES string of the molecule is C[C@H](NC(=O)[C@H](CC(N)=O)CC(=O)CCc1ccccc1)C(=O)CCc1cccc2ncccc12. The minimum atomic E-state index is -0.893. The zero-order chi connectivity index (χ0) is 25.2. The van der Waals surface area contributed by atoms with Crippen LogP contribution in [0, 0.1) is 5.92 Å². The first-order chi connectivity index (χ1) is 16.8. The molecule has 1 heterocycles. The number of carbonyl (C=O) groups excluding carboxylic acids is 4. The number of fused-ring (bicyclic) bond motifs is 1. The van der Waals surface area contributed by atoms with Crippen molar-refractivity contribution in [2.45, 2.75) is 51.5 Å². The van der Waals surface area contributed by atoms with Crippen LogP contribution in [0.3, 0.4) is 0 Å². The molecule has 0 fully saturated rings. The van der Waals surface area contributed by atoms with Crippen molar-refractivity contribution >= 4 is 34.3 Å². The van der Waals surface area contributed by atoms with Gasteiger partial charge in [0, 0.05) is 37.3 Å². The molecule has 2 amide bonds. The van der Waals surface area contributed by atoms with Gasteiger partial charge in [-0.25, -0.2) is 0 Å². The number of nitrogens with one attached hydrogen (secondary N) is 1. The lowest BCUT2D eigenvalue weighted by molar-refractivity contribution is -0.134. The molecule has 1 aromatic heterocycles. The highest BCUT2D eigenvalue weighted by Gasteiger charge is 2.26. The van der Waals surface area contributed by atoms with E-state index in [-0.39, 0.29) is 37.2 Å². The zero-order valence-corrected chi connectivity index (χ0v) is 19.9. The summed E-state index contributed by atoms with van der Waals surface area (Å²) in [5.41, 5.74) is 8.22. The Morgan fingerprint density at radius 1 is 0.886 bits per heavy atom. The number of Topliss-reactive ketones (excluding diaryl/α,β-unsaturated/α-hetero) is 2. The number of nitrogens with two attached hydrogens (primary N) is 1. The Balaban J connectivity index is 1.54. The van der Waals surface area contributed by atoms with E-state index in [0.717, 1.165) is 22.0 Å². The average Bonchev–Trinajstić information content (AvgIpc) is 2.85. The number of hydrogen-bond donors (Lipinski definition) is 2. The van der Waals surface area contributed by atoms with Crippen LogP contribution in [0.4, 0.5) is 0 Å². The second kappa shape index (κ2) is 12.6. The fourth-order valence-corrected chi connectivity index (χ4v) is 4.08. The van der Waals surface area contributed by atoms with E-state index < -0.39 is 23.8 Å². The minimum absolute atomic E-state index is 0.0917. The summed E-state index contributed by atoms with van der Waals surface area (Å²) in [6, 6.07) is 18.4. The molecular formula is C28H31N3O4. The molecule has 3 N–H and O–H groups in total. The van der Waals surface area contributed by atoms with Crippen LogP contribution in [0.1, 0.15) is 43.7 Å². The molecule has 3 aromatic rings. The molecule has 2 aromatic carbocycles. The summed E-state index contributed by atoms with van der Waals surface area (Å²) >= 11 is 0. The zero-order valence-electron chi connectivity index (χ0n) is 19.9. The standard InChI is InChI=1S/C28H31N3O4/c1-19(26(33)15-13-21-9-5-11-25-24(21)10-6-16-30-25)31-28(35)22(18-27(29)34)17-23(32)14-12-20-7-3-2-4-8-20/h2-11,16,19,22H,12-15,17-18H2,1H3,(H2,29,34)(H,31,35)/t19-,22-/m0/s1. The third-order valence-corrected chi connectivity index (χ3v) is 6.05. The average molecular weight is 474 g/mol. The topological polar surface area (TPSA) is 119 Å². The third kappa shape index (κ3) is 7.84. The molecule has 2 atom stereocenters. The Morgan fingerprint density at radius 2 is 1.66 bits per heavy atom. The van der Waals surface area contributed by atoms with E-state index >= 15 is 0 Å². The molecule has 0 unspecified atom stereocenters. The Bertz CT molecular complexity index is 1190. The number of aryl methyl sites for hydroxylation is 2. The van der Waals surface area contributed by atoms with Crippen LogP contribution in [0.25, 0.3) is 10.9 Å². The molecule has 182 valence electrons. The van der Waals surface area contributed by atoms with Gasteiger partial charge in [0.2, 0.25) is 11.8 Å². The van der Waals surface area contributed by atoms with Crippen LogP contribution < -0.4 is 11.1 Å². The van der Waals surface area contributed by atoms with E-state index in [4.69, 9.17) is 5.73 Å². The van der Waals surface area contributed by atoms with Gasteiger partial charge in [-0.3, -0.25) is 24.2 Å². The predicted molar refractivity (Wildman–Crippen MR) is 134 cm³/mol. The second-order valence-electron chi connectivity index (χ2n) is 8.78. The summed E-state index contributed by atoms with van der Waals surface area (Å²) in [7, 11) is 0. The molecule has 0 aliphatic heterocycles. The fraction of sp³-hybridized carbons (Fsp3) is 0.321. The smallest absolute Gasteiger partial charge is 0.224 e. The van der Waals surface area contributed by atoms with Crippen LogP contribution in [0.2, 0.25) is 0 Å². The number of primary amides is 1. The lowest BCUT2D eigenvalue weighted by Gasteiger charge is -2.19. The molecule has 0 saturated heterocycles. The van der Waals surface area contributed by atoms with Gasteiger partial charge in [0.15, 0.2) is 5.78 Å². The van der Waals surface area contributed by atoms with Gasteiger partial charge in [0.05, 0.1) is 17.5 Å². The minimum Gasteiger partial charge on any atom is -0.370 e. The van der Waals surface area contributed by atoms with Crippen molar-refractivity contribution in [3.63, 3.8) is 0 Å². The summed E-state index contributed by atoms with van der Waals surface area (Å²) in [6.07, 6.45) is 2.98. The van der Waals surface area contributed by atoms with Gasteiger partial charge < -0.3 is 11.1 Å². The molecule has 0 bridgehead atoms. The van der Waals surface area contributed by atoms with Crippen LogP contribution in [-0.2, 0) is 32.0 Å². The predicted octanol–water partition coefficient (Wildman–Crippen LogP) is 3.32. The lowest BCUT2D eigenvalue weighted by Crippen LogP contribution is -2.43. The van der Waals surface area contributed by atoms with Crippen molar-refractivity contribution in [3.8, 4) is 0 Å². The van der Waals surface area contributed by atoms with Crippen molar-refractivity contribution in [2.75, 3.05) is 0 Å². The summed E-state index contributed by atoms with van der Waals surface area (Å²) < 4.78 is 0. The summed E-state index contributed by atoms with van der Waals surface area (Å²) in [6.45, 7) is 1.61. The van der Waals surface area contributed by atoms with Crippen LogP contribution in [-0.4, -0.2) is 34.4 Å². The number of hydrogen-bond acceptors (Lipinski definition) is 5. The first-order valence-corrected chi connectivity index (χ1v) is 11.8. The highest BCUT2D eigenvalue weighted by Crippen LogP contribution is 2.18. The molecule has 0 aliphatic carbocycles. The first kappa shape index (κ1) is 25.7. The van der Waals surface area contributed by atoms with Gasteiger partial charge in [-0.2, -0.15) is 0 Å². The monoisotopic (exact) mass is 473 g/mol. The molecule has 35 heavy (non-hydrogen) atoms. The number of aromatic nitrogens is 1. The van der Waals surface area contributed by atoms with E-state index in [2.05, 4.69) is 10.3 Å². The number of nitrogens with zero attached hydrogens (tertiary/aromatic N) is 1. The van der Waals surface area contributed by atoms with Crippen molar-refractivity contribution < 1.29 is 19.2 Å². The normalized spacial score (nSPS) is 12.6. The second-order valence-corrected chi connectivity index (χ2v) is 8.78. The maximum atomic E-state index is 12.8. The molecule has 0 aliphatic rings. The number of pyridine rings is 1. The number of ketones is 2. The molecule has 0 saturated carbocycles. The number of carbonyl (C=O) groups is 4. The van der Waals surface area contributed by atoms with E-state index in [1.165, 1.54) is 0 Å². The Morgan fingerprint density at radius 3 is 2.40 bits per heavy atom. The van der Waals surface area contributed by atoms with E-state index in [1.54, 1.807) is 13.1 Å². The molecule has 0 spiro atoms. The lowest BCUT2D eigenvalue weighted by atomic mass is 9.94. The molecular weight excluding hydrogens is 442 g/mol. The van der Waals surface area contributed by atoms with Crippen molar-refractivity contribution in [2.24, 2.45) is 11.7 Å². The van der Waals surface area contributed by atoms with Gasteiger partial charge in [-0.1, -0.05) is 48.5 Å². The van der Waals surface area contributed by atoms with Gasteiger partial charge in [-0.05, 0) is 43.0 Å². The quantitative estimate of drug-likeness (QED) is 0.395. The van der Waals surface area contributed by atoms with E-state index in [1.807, 2.05) is 60.7 Å². The maximum absolute atomic E-state index is 12.8. The summed E-state index contributed by atoms with van der Waals surface area (Å²) in [5.74, 6) is -2.32. The first-order valence-electron chi connectivity index (χ1n) is 11.8. The Kier molecular flexibility index (Phi) is 9.23. The fourth-order valence-electron chi connectivity index (χ4n) is 4.08. The van der Waals surface area contributed by atoms with Crippen LogP contribution in [0.15, 0.2) is 66.9 Å². The summed E-state index contributed by atoms with van der Waals surface area (Å²) in [5, 5.41) is 3.67. The largest absolute Gasteiger partial charge is 0.370 e. The van der Waals surface area contributed by atoms with E-state index in [0.29, 0.717) is 12.8 Å². The van der Waals surface area contributed by atoms with Crippen LogP contribution in [0.5, 0.6) is 0 Å². The number of benzene rings is 2. The highest BCUT2D eigenvalue weighted by molar-refractivity contribution is 5.94. The maximum Gasteiger partial charge on any atom is 0.224 e. The highest BCUT2D eigenvalue weighted by atomic mass is 16.2. The Hall–Kier alpha value is -3.87. The van der Waals surface area contributed by atoms with Gasteiger partial charge in [0.25, 0.3) is 0 Å². The third-order valence-electron chi connectivity index (χ3n) is 6.05.